The van der Waals surface area contributed by atoms with Crippen molar-refractivity contribution in [2.75, 3.05) is 30.0 Å². The molecule has 0 aliphatic rings. The van der Waals surface area contributed by atoms with Gasteiger partial charge < -0.3 is 14.8 Å². The standard InChI is InChI=1S/C21H26N2O6S/c1-6-19(29-17-11-9-16(10-12-17)23(3)30(5,26)27)20(24)22-18-13-15(21(25)28-4)8-7-14(18)2/h7-13,19H,6H2,1-5H3,(H,22,24)/t19-/m0/s1. The lowest BCUT2D eigenvalue weighted by atomic mass is 10.1. The summed E-state index contributed by atoms with van der Waals surface area (Å²) >= 11 is 0. The smallest absolute Gasteiger partial charge is 0.337 e. The zero-order valence-corrected chi connectivity index (χ0v) is 18.4. The Balaban J connectivity index is 2.13. The quantitative estimate of drug-likeness (QED) is 0.641. The topological polar surface area (TPSA) is 102 Å². The van der Waals surface area contributed by atoms with Crippen LogP contribution in [0.1, 0.15) is 29.3 Å². The second kappa shape index (κ2) is 9.62. The van der Waals surface area contributed by atoms with Gasteiger partial charge in [-0.3, -0.25) is 9.10 Å². The Morgan fingerprint density at radius 3 is 2.30 bits per heavy atom. The van der Waals surface area contributed by atoms with Crippen LogP contribution in [0.4, 0.5) is 11.4 Å². The molecule has 0 saturated carbocycles. The van der Waals surface area contributed by atoms with Crippen LogP contribution in [-0.4, -0.2) is 46.8 Å². The summed E-state index contributed by atoms with van der Waals surface area (Å²) in [4.78, 5) is 24.4. The number of methoxy groups -OCH3 is 1. The fourth-order valence-corrected chi connectivity index (χ4v) is 3.13. The van der Waals surface area contributed by atoms with Crippen LogP contribution in [-0.2, 0) is 19.6 Å². The van der Waals surface area contributed by atoms with E-state index in [-0.39, 0.29) is 5.91 Å². The molecule has 0 bridgehead atoms. The minimum absolute atomic E-state index is 0.331. The Morgan fingerprint density at radius 1 is 1.13 bits per heavy atom. The van der Waals surface area contributed by atoms with E-state index >= 15 is 0 Å². The van der Waals surface area contributed by atoms with E-state index in [1.54, 1.807) is 42.5 Å². The first-order valence-corrected chi connectivity index (χ1v) is 11.1. The van der Waals surface area contributed by atoms with Gasteiger partial charge in [0.2, 0.25) is 10.0 Å². The molecule has 9 heteroatoms. The van der Waals surface area contributed by atoms with E-state index in [1.165, 1.54) is 14.2 Å². The molecule has 0 heterocycles. The molecule has 8 nitrogen and oxygen atoms in total. The zero-order valence-electron chi connectivity index (χ0n) is 17.6. The van der Waals surface area contributed by atoms with Crippen LogP contribution in [0.2, 0.25) is 0 Å². The maximum atomic E-state index is 12.7. The first-order valence-electron chi connectivity index (χ1n) is 9.27. The van der Waals surface area contributed by atoms with E-state index in [4.69, 9.17) is 9.47 Å². The first-order chi connectivity index (χ1) is 14.1. The molecule has 0 aliphatic carbocycles. The van der Waals surface area contributed by atoms with Gasteiger partial charge in [-0.15, -0.1) is 0 Å². The van der Waals surface area contributed by atoms with E-state index in [0.29, 0.717) is 29.1 Å². The average Bonchev–Trinajstić information content (AvgIpc) is 2.72. The minimum Gasteiger partial charge on any atom is -0.481 e. The maximum absolute atomic E-state index is 12.7. The number of nitrogens with zero attached hydrogens (tertiary/aromatic N) is 1. The van der Waals surface area contributed by atoms with Gasteiger partial charge in [0.25, 0.3) is 5.91 Å². The van der Waals surface area contributed by atoms with Gasteiger partial charge in [0.15, 0.2) is 6.10 Å². The summed E-state index contributed by atoms with van der Waals surface area (Å²) in [7, 11) is -0.616. The van der Waals surface area contributed by atoms with Crippen LogP contribution >= 0.6 is 0 Å². The van der Waals surface area contributed by atoms with Crippen LogP contribution in [0.15, 0.2) is 42.5 Å². The van der Waals surface area contributed by atoms with Crippen molar-refractivity contribution in [2.24, 2.45) is 0 Å². The van der Waals surface area contributed by atoms with Gasteiger partial charge in [-0.05, 0) is 55.3 Å². The second-order valence-electron chi connectivity index (χ2n) is 6.75. The number of esters is 1. The molecule has 0 saturated heterocycles. The van der Waals surface area contributed by atoms with E-state index < -0.39 is 22.1 Å². The fourth-order valence-electron chi connectivity index (χ4n) is 2.63. The fraction of sp³-hybridized carbons (Fsp3) is 0.333. The molecular formula is C21H26N2O6S. The molecule has 0 unspecified atom stereocenters. The number of ether oxygens (including phenoxy) is 2. The number of benzene rings is 2. The van der Waals surface area contributed by atoms with Crippen LogP contribution in [0.5, 0.6) is 5.75 Å². The number of carbonyl (C=O) groups excluding carboxylic acids is 2. The first kappa shape index (κ1) is 23.2. The number of hydrogen-bond acceptors (Lipinski definition) is 6. The Bertz CT molecular complexity index is 1020. The summed E-state index contributed by atoms with van der Waals surface area (Å²) in [6.45, 7) is 3.63. The highest BCUT2D eigenvalue weighted by molar-refractivity contribution is 7.92. The molecule has 30 heavy (non-hydrogen) atoms. The Labute approximate surface area is 176 Å². The number of amides is 1. The predicted molar refractivity (Wildman–Crippen MR) is 116 cm³/mol. The third-order valence-corrected chi connectivity index (χ3v) is 5.76. The van der Waals surface area contributed by atoms with Gasteiger partial charge in [0.05, 0.1) is 24.6 Å². The molecule has 0 radical (unpaired) electrons. The number of hydrogen-bond donors (Lipinski definition) is 1. The SMILES string of the molecule is CC[C@H](Oc1ccc(N(C)S(C)(=O)=O)cc1)C(=O)Nc1cc(C(=O)OC)ccc1C. The lowest BCUT2D eigenvalue weighted by molar-refractivity contribution is -0.122. The molecule has 162 valence electrons. The minimum atomic E-state index is -3.36. The Kier molecular flexibility index (Phi) is 7.44. The van der Waals surface area contributed by atoms with Gasteiger partial charge in [-0.25, -0.2) is 13.2 Å². The predicted octanol–water partition coefficient (Wildman–Crippen LogP) is 2.97. The van der Waals surface area contributed by atoms with Crippen LogP contribution in [0, 0.1) is 6.92 Å². The van der Waals surface area contributed by atoms with Crippen molar-refractivity contribution in [1.82, 2.24) is 0 Å². The Hall–Kier alpha value is -3.07. The molecule has 2 rings (SSSR count). The molecule has 0 aliphatic heterocycles. The molecule has 2 aromatic rings. The van der Waals surface area contributed by atoms with Crippen LogP contribution in [0.25, 0.3) is 0 Å². The van der Waals surface area contributed by atoms with Gasteiger partial charge in [0.1, 0.15) is 5.75 Å². The van der Waals surface area contributed by atoms with Gasteiger partial charge >= 0.3 is 5.97 Å². The number of anilines is 2. The molecule has 0 fully saturated rings. The summed E-state index contributed by atoms with van der Waals surface area (Å²) in [6, 6.07) is 11.3. The number of carbonyl (C=O) groups is 2. The van der Waals surface area contributed by atoms with Crippen molar-refractivity contribution in [1.29, 1.82) is 0 Å². The molecule has 2 aromatic carbocycles. The largest absolute Gasteiger partial charge is 0.481 e. The van der Waals surface area contributed by atoms with Crippen molar-refractivity contribution in [3.63, 3.8) is 0 Å². The zero-order chi connectivity index (χ0) is 22.5. The van der Waals surface area contributed by atoms with Crippen molar-refractivity contribution >= 4 is 33.3 Å². The van der Waals surface area contributed by atoms with Crippen molar-refractivity contribution in [2.45, 2.75) is 26.4 Å². The van der Waals surface area contributed by atoms with Crippen LogP contribution < -0.4 is 14.4 Å². The second-order valence-corrected chi connectivity index (χ2v) is 8.76. The summed E-state index contributed by atoms with van der Waals surface area (Å²) in [6.07, 6.45) is 0.753. The normalized spacial score (nSPS) is 12.0. The number of aryl methyl sites for hydroxylation is 1. The molecule has 1 amide bonds. The molecular weight excluding hydrogens is 408 g/mol. The lowest BCUT2D eigenvalue weighted by Crippen LogP contribution is -2.32. The maximum Gasteiger partial charge on any atom is 0.337 e. The summed E-state index contributed by atoms with van der Waals surface area (Å²) < 4.78 is 34.9. The van der Waals surface area contributed by atoms with Gasteiger partial charge in [0, 0.05) is 12.7 Å². The summed E-state index contributed by atoms with van der Waals surface area (Å²) in [5.41, 5.74) is 2.10. The van der Waals surface area contributed by atoms with E-state index in [0.717, 1.165) is 16.1 Å². The van der Waals surface area contributed by atoms with Gasteiger partial charge in [-0.1, -0.05) is 13.0 Å². The molecule has 0 aromatic heterocycles. The van der Waals surface area contributed by atoms with E-state index in [9.17, 15) is 18.0 Å². The monoisotopic (exact) mass is 434 g/mol. The lowest BCUT2D eigenvalue weighted by Gasteiger charge is -2.20. The highest BCUT2D eigenvalue weighted by Gasteiger charge is 2.20. The average molecular weight is 435 g/mol. The van der Waals surface area contributed by atoms with E-state index in [2.05, 4.69) is 5.32 Å². The highest BCUT2D eigenvalue weighted by atomic mass is 32.2. The summed E-state index contributed by atoms with van der Waals surface area (Å²) in [5.74, 6) is -0.421. The third-order valence-electron chi connectivity index (χ3n) is 4.56. The highest BCUT2D eigenvalue weighted by Crippen LogP contribution is 2.23. The van der Waals surface area contributed by atoms with E-state index in [1.807, 2.05) is 13.8 Å². The van der Waals surface area contributed by atoms with Crippen molar-refractivity contribution in [3.8, 4) is 5.75 Å². The van der Waals surface area contributed by atoms with Crippen molar-refractivity contribution in [3.05, 3.63) is 53.6 Å². The molecule has 1 N–H and O–H groups in total. The number of sulfonamides is 1. The molecule has 0 spiro atoms. The van der Waals surface area contributed by atoms with Gasteiger partial charge in [-0.2, -0.15) is 0 Å². The number of nitrogens with one attached hydrogen (secondary N) is 1. The molecule has 1 atom stereocenters. The van der Waals surface area contributed by atoms with Crippen LogP contribution in [0.3, 0.4) is 0 Å². The summed E-state index contributed by atoms with van der Waals surface area (Å²) in [5, 5.41) is 2.79. The van der Waals surface area contributed by atoms with Crippen molar-refractivity contribution < 1.29 is 27.5 Å². The number of rotatable bonds is 8. The third kappa shape index (κ3) is 5.73. The Morgan fingerprint density at radius 2 is 1.77 bits per heavy atom.